The zero-order valence-corrected chi connectivity index (χ0v) is 13.0. The van der Waals surface area contributed by atoms with Crippen molar-refractivity contribution in [3.63, 3.8) is 0 Å². The summed E-state index contributed by atoms with van der Waals surface area (Å²) in [4.78, 5) is 0. The molecule has 1 nitrogen and oxygen atoms in total. The van der Waals surface area contributed by atoms with E-state index in [9.17, 15) is 4.39 Å². The third-order valence-electron chi connectivity index (χ3n) is 3.09. The van der Waals surface area contributed by atoms with Crippen molar-refractivity contribution >= 4 is 34.8 Å². The summed E-state index contributed by atoms with van der Waals surface area (Å²) in [5.41, 5.74) is 1.44. The van der Waals surface area contributed by atoms with Crippen LogP contribution in [-0.4, -0.2) is 0 Å². The van der Waals surface area contributed by atoms with Crippen molar-refractivity contribution in [1.82, 2.24) is 5.32 Å². The predicted molar refractivity (Wildman–Crippen MR) is 83.1 cm³/mol. The van der Waals surface area contributed by atoms with Crippen LogP contribution in [0.5, 0.6) is 0 Å². The summed E-state index contributed by atoms with van der Waals surface area (Å²) in [6.45, 7) is 2.31. The fourth-order valence-electron chi connectivity index (χ4n) is 1.86. The summed E-state index contributed by atoms with van der Waals surface area (Å²) in [6.07, 6.45) is 0. The Kier molecular flexibility index (Phi) is 5.28. The first kappa shape index (κ1) is 15.6. The number of benzene rings is 2. The molecule has 0 aliphatic heterocycles. The molecule has 0 saturated carbocycles. The molecule has 1 N–H and O–H groups in total. The van der Waals surface area contributed by atoms with Crippen LogP contribution in [-0.2, 0) is 6.54 Å². The van der Waals surface area contributed by atoms with Gasteiger partial charge in [-0.05, 0) is 36.8 Å². The highest BCUT2D eigenvalue weighted by atomic mass is 35.5. The molecular weight excluding hydrogens is 320 g/mol. The van der Waals surface area contributed by atoms with Crippen LogP contribution >= 0.6 is 34.8 Å². The molecular formula is C15H13Cl3FN. The van der Waals surface area contributed by atoms with Crippen LogP contribution in [0.3, 0.4) is 0 Å². The minimum atomic E-state index is -0.314. The molecule has 0 aliphatic carbocycles. The van der Waals surface area contributed by atoms with Crippen LogP contribution in [0.4, 0.5) is 4.39 Å². The van der Waals surface area contributed by atoms with Crippen LogP contribution < -0.4 is 5.32 Å². The first-order valence-electron chi connectivity index (χ1n) is 6.10. The maximum Gasteiger partial charge on any atom is 0.129 e. The number of nitrogens with one attached hydrogen (secondary N) is 1. The van der Waals surface area contributed by atoms with Gasteiger partial charge in [-0.2, -0.15) is 0 Å². The lowest BCUT2D eigenvalue weighted by Crippen LogP contribution is -2.19. The minimum absolute atomic E-state index is 0.000407. The predicted octanol–water partition coefficient (Wildman–Crippen LogP) is 5.64. The number of rotatable bonds is 4. The van der Waals surface area contributed by atoms with Crippen molar-refractivity contribution in [3.8, 4) is 0 Å². The Morgan fingerprint density at radius 3 is 2.45 bits per heavy atom. The average Bonchev–Trinajstić information content (AvgIpc) is 2.41. The molecule has 0 fully saturated rings. The lowest BCUT2D eigenvalue weighted by atomic mass is 10.1. The monoisotopic (exact) mass is 331 g/mol. The molecule has 0 amide bonds. The van der Waals surface area contributed by atoms with Gasteiger partial charge in [-0.15, -0.1) is 0 Å². The average molecular weight is 333 g/mol. The van der Waals surface area contributed by atoms with Crippen LogP contribution in [0.1, 0.15) is 24.1 Å². The van der Waals surface area contributed by atoms with Crippen molar-refractivity contribution in [2.24, 2.45) is 0 Å². The van der Waals surface area contributed by atoms with E-state index in [0.717, 1.165) is 5.56 Å². The number of hydrogen-bond acceptors (Lipinski definition) is 1. The summed E-state index contributed by atoms with van der Waals surface area (Å²) in [7, 11) is 0. The van der Waals surface area contributed by atoms with E-state index in [0.29, 0.717) is 27.2 Å². The van der Waals surface area contributed by atoms with E-state index in [-0.39, 0.29) is 11.9 Å². The molecule has 5 heteroatoms. The topological polar surface area (TPSA) is 12.0 Å². The summed E-state index contributed by atoms with van der Waals surface area (Å²) < 4.78 is 13.7. The SMILES string of the molecule is CC(NCc1c(F)cccc1Cl)c1ccc(Cl)c(Cl)c1. The van der Waals surface area contributed by atoms with Crippen molar-refractivity contribution in [2.75, 3.05) is 0 Å². The first-order chi connectivity index (χ1) is 9.49. The van der Waals surface area contributed by atoms with Gasteiger partial charge in [0.1, 0.15) is 5.82 Å². The Labute approximate surface area is 132 Å². The molecule has 106 valence electrons. The molecule has 2 rings (SSSR count). The Morgan fingerprint density at radius 2 is 1.80 bits per heavy atom. The third-order valence-corrected chi connectivity index (χ3v) is 4.18. The highest BCUT2D eigenvalue weighted by Crippen LogP contribution is 2.26. The van der Waals surface area contributed by atoms with Crippen molar-refractivity contribution in [1.29, 1.82) is 0 Å². The fourth-order valence-corrected chi connectivity index (χ4v) is 2.39. The van der Waals surface area contributed by atoms with Gasteiger partial charge in [0.15, 0.2) is 0 Å². The second kappa shape index (κ2) is 6.77. The molecule has 2 aromatic carbocycles. The summed E-state index contributed by atoms with van der Waals surface area (Å²) >= 11 is 17.9. The Morgan fingerprint density at radius 1 is 1.05 bits per heavy atom. The quantitative estimate of drug-likeness (QED) is 0.764. The zero-order chi connectivity index (χ0) is 14.7. The van der Waals surface area contributed by atoms with Crippen molar-refractivity contribution < 1.29 is 4.39 Å². The van der Waals surface area contributed by atoms with Crippen LogP contribution in [0, 0.1) is 5.82 Å². The highest BCUT2D eigenvalue weighted by molar-refractivity contribution is 6.42. The lowest BCUT2D eigenvalue weighted by molar-refractivity contribution is 0.544. The zero-order valence-electron chi connectivity index (χ0n) is 10.8. The Balaban J connectivity index is 2.08. The highest BCUT2D eigenvalue weighted by Gasteiger charge is 2.11. The number of halogens is 4. The van der Waals surface area contributed by atoms with E-state index in [1.165, 1.54) is 6.07 Å². The second-order valence-electron chi connectivity index (χ2n) is 4.48. The first-order valence-corrected chi connectivity index (χ1v) is 7.23. The maximum absolute atomic E-state index is 13.7. The van der Waals surface area contributed by atoms with Gasteiger partial charge in [0.2, 0.25) is 0 Å². The van der Waals surface area contributed by atoms with Gasteiger partial charge in [-0.1, -0.05) is 46.9 Å². The molecule has 2 aromatic rings. The summed E-state index contributed by atoms with van der Waals surface area (Å²) in [5, 5.41) is 4.65. The van der Waals surface area contributed by atoms with E-state index in [2.05, 4.69) is 5.32 Å². The maximum atomic E-state index is 13.7. The second-order valence-corrected chi connectivity index (χ2v) is 5.70. The van der Waals surface area contributed by atoms with Crippen LogP contribution in [0.25, 0.3) is 0 Å². The van der Waals surface area contributed by atoms with Gasteiger partial charge >= 0.3 is 0 Å². The van der Waals surface area contributed by atoms with Gasteiger partial charge in [-0.3, -0.25) is 0 Å². The standard InChI is InChI=1S/C15H13Cl3FN/c1-9(10-5-6-13(17)14(18)7-10)20-8-11-12(16)3-2-4-15(11)19/h2-7,9,20H,8H2,1H3. The van der Waals surface area contributed by atoms with Crippen LogP contribution in [0.15, 0.2) is 36.4 Å². The molecule has 0 spiro atoms. The van der Waals surface area contributed by atoms with Gasteiger partial charge in [0.05, 0.1) is 10.0 Å². The molecule has 1 atom stereocenters. The van der Waals surface area contributed by atoms with E-state index in [1.54, 1.807) is 24.3 Å². The molecule has 0 radical (unpaired) electrons. The van der Waals surface area contributed by atoms with Gasteiger partial charge < -0.3 is 5.32 Å². The normalized spacial score (nSPS) is 12.4. The third kappa shape index (κ3) is 3.64. The Bertz CT molecular complexity index is 596. The van der Waals surface area contributed by atoms with Gasteiger partial charge in [-0.25, -0.2) is 4.39 Å². The van der Waals surface area contributed by atoms with E-state index < -0.39 is 0 Å². The lowest BCUT2D eigenvalue weighted by Gasteiger charge is -2.16. The molecule has 0 aliphatic rings. The largest absolute Gasteiger partial charge is 0.306 e. The van der Waals surface area contributed by atoms with Crippen molar-refractivity contribution in [3.05, 3.63) is 68.4 Å². The van der Waals surface area contributed by atoms with E-state index >= 15 is 0 Å². The molecule has 0 heterocycles. The van der Waals surface area contributed by atoms with Gasteiger partial charge in [0.25, 0.3) is 0 Å². The number of hydrogen-bond donors (Lipinski definition) is 1. The molecule has 0 bridgehead atoms. The summed E-state index contributed by atoms with van der Waals surface area (Å²) in [5.74, 6) is -0.314. The smallest absolute Gasteiger partial charge is 0.129 e. The molecule has 1 unspecified atom stereocenters. The Hall–Kier alpha value is -0.800. The van der Waals surface area contributed by atoms with Crippen LogP contribution in [0.2, 0.25) is 15.1 Å². The fraction of sp³-hybridized carbons (Fsp3) is 0.200. The minimum Gasteiger partial charge on any atom is -0.306 e. The van der Waals surface area contributed by atoms with Crippen molar-refractivity contribution in [2.45, 2.75) is 19.5 Å². The molecule has 20 heavy (non-hydrogen) atoms. The van der Waals surface area contributed by atoms with E-state index in [1.807, 2.05) is 13.0 Å². The summed E-state index contributed by atoms with van der Waals surface area (Å²) in [6, 6.07) is 10.1. The van der Waals surface area contributed by atoms with E-state index in [4.69, 9.17) is 34.8 Å². The molecule has 0 saturated heterocycles. The van der Waals surface area contributed by atoms with Gasteiger partial charge in [0, 0.05) is 23.2 Å². The molecule has 0 aromatic heterocycles.